The molecule has 4 heteroatoms. The molecule has 0 aliphatic rings. The predicted molar refractivity (Wildman–Crippen MR) is 80.8 cm³/mol. The molecule has 3 aromatic rings. The van der Waals surface area contributed by atoms with Crippen LogP contribution in [-0.2, 0) is 0 Å². The standard InChI is InChI=1S/C14H10Br2N2/c1-9-14(10-3-2-4-11(15)7-10)17-13-6-5-12(16)8-18(9)13/h2-8H,1H3. The Bertz CT molecular complexity index is 732. The molecule has 2 nitrogen and oxygen atoms in total. The second kappa shape index (κ2) is 4.52. The number of hydrogen-bond donors (Lipinski definition) is 0. The fourth-order valence-electron chi connectivity index (χ4n) is 2.05. The van der Waals surface area contributed by atoms with Crippen molar-refractivity contribution < 1.29 is 0 Å². The topological polar surface area (TPSA) is 17.3 Å². The SMILES string of the molecule is Cc1c(-c2cccc(Br)c2)nc2ccc(Br)cn12. The normalized spacial score (nSPS) is 11.1. The fraction of sp³-hybridized carbons (Fsp3) is 0.0714. The number of rotatable bonds is 1. The van der Waals surface area contributed by atoms with Gasteiger partial charge in [0.15, 0.2) is 0 Å². The van der Waals surface area contributed by atoms with Crippen LogP contribution in [0.5, 0.6) is 0 Å². The van der Waals surface area contributed by atoms with Crippen molar-refractivity contribution in [2.75, 3.05) is 0 Å². The summed E-state index contributed by atoms with van der Waals surface area (Å²) in [6, 6.07) is 12.2. The molecule has 90 valence electrons. The van der Waals surface area contributed by atoms with E-state index < -0.39 is 0 Å². The Morgan fingerprint density at radius 1 is 1.06 bits per heavy atom. The highest BCUT2D eigenvalue weighted by Gasteiger charge is 2.10. The third-order valence-electron chi connectivity index (χ3n) is 2.92. The number of pyridine rings is 1. The van der Waals surface area contributed by atoms with Crippen molar-refractivity contribution in [2.45, 2.75) is 6.92 Å². The van der Waals surface area contributed by atoms with Gasteiger partial charge >= 0.3 is 0 Å². The van der Waals surface area contributed by atoms with Crippen LogP contribution in [-0.4, -0.2) is 9.38 Å². The van der Waals surface area contributed by atoms with E-state index in [1.165, 1.54) is 0 Å². The summed E-state index contributed by atoms with van der Waals surface area (Å²) < 4.78 is 4.22. The van der Waals surface area contributed by atoms with Gasteiger partial charge in [-0.1, -0.05) is 28.1 Å². The summed E-state index contributed by atoms with van der Waals surface area (Å²) in [5, 5.41) is 0. The molecule has 0 saturated heterocycles. The maximum absolute atomic E-state index is 4.69. The van der Waals surface area contributed by atoms with Crippen molar-refractivity contribution in [2.24, 2.45) is 0 Å². The summed E-state index contributed by atoms with van der Waals surface area (Å²) in [5.74, 6) is 0. The molecule has 2 heterocycles. The molecule has 0 saturated carbocycles. The Kier molecular flexibility index (Phi) is 2.99. The first kappa shape index (κ1) is 11.9. The summed E-state index contributed by atoms with van der Waals surface area (Å²) in [5.41, 5.74) is 4.26. The lowest BCUT2D eigenvalue weighted by Gasteiger charge is -2.00. The van der Waals surface area contributed by atoms with Crippen LogP contribution in [0.4, 0.5) is 0 Å². The van der Waals surface area contributed by atoms with Crippen LogP contribution in [0.25, 0.3) is 16.9 Å². The zero-order valence-corrected chi connectivity index (χ0v) is 12.9. The van der Waals surface area contributed by atoms with E-state index in [4.69, 9.17) is 0 Å². The number of aryl methyl sites for hydroxylation is 1. The van der Waals surface area contributed by atoms with E-state index in [1.54, 1.807) is 0 Å². The summed E-state index contributed by atoms with van der Waals surface area (Å²) in [7, 11) is 0. The van der Waals surface area contributed by atoms with E-state index in [0.29, 0.717) is 0 Å². The molecular formula is C14H10Br2N2. The lowest BCUT2D eigenvalue weighted by Crippen LogP contribution is -1.87. The number of aromatic nitrogens is 2. The second-order valence-electron chi connectivity index (χ2n) is 4.13. The lowest BCUT2D eigenvalue weighted by molar-refractivity contribution is 1.10. The smallest absolute Gasteiger partial charge is 0.137 e. The lowest BCUT2D eigenvalue weighted by atomic mass is 10.1. The van der Waals surface area contributed by atoms with Gasteiger partial charge in [0.05, 0.1) is 5.69 Å². The molecule has 0 N–H and O–H groups in total. The monoisotopic (exact) mass is 364 g/mol. The highest BCUT2D eigenvalue weighted by Crippen LogP contribution is 2.27. The largest absolute Gasteiger partial charge is 0.303 e. The van der Waals surface area contributed by atoms with Crippen molar-refractivity contribution in [3.8, 4) is 11.3 Å². The molecular weight excluding hydrogens is 356 g/mol. The van der Waals surface area contributed by atoms with Crippen LogP contribution in [0, 0.1) is 6.92 Å². The number of fused-ring (bicyclic) bond motifs is 1. The van der Waals surface area contributed by atoms with Gasteiger partial charge < -0.3 is 4.40 Å². The highest BCUT2D eigenvalue weighted by atomic mass is 79.9. The minimum atomic E-state index is 0.964. The van der Waals surface area contributed by atoms with Crippen LogP contribution >= 0.6 is 31.9 Å². The molecule has 0 bridgehead atoms. The Balaban J connectivity index is 2.27. The molecule has 0 fully saturated rings. The first-order chi connectivity index (χ1) is 8.65. The highest BCUT2D eigenvalue weighted by molar-refractivity contribution is 9.10. The minimum Gasteiger partial charge on any atom is -0.303 e. The van der Waals surface area contributed by atoms with Gasteiger partial charge in [-0.3, -0.25) is 0 Å². The van der Waals surface area contributed by atoms with Gasteiger partial charge in [0.25, 0.3) is 0 Å². The molecule has 0 radical (unpaired) electrons. The third-order valence-corrected chi connectivity index (χ3v) is 3.88. The van der Waals surface area contributed by atoms with Gasteiger partial charge in [0.2, 0.25) is 0 Å². The van der Waals surface area contributed by atoms with Crippen molar-refractivity contribution in [3.63, 3.8) is 0 Å². The zero-order chi connectivity index (χ0) is 12.7. The predicted octanol–water partition coefficient (Wildman–Crippen LogP) is 4.83. The number of halogens is 2. The quantitative estimate of drug-likeness (QED) is 0.603. The molecule has 3 rings (SSSR count). The average molecular weight is 366 g/mol. The van der Waals surface area contributed by atoms with E-state index >= 15 is 0 Å². The maximum atomic E-state index is 4.69. The second-order valence-corrected chi connectivity index (χ2v) is 5.96. The van der Waals surface area contributed by atoms with E-state index in [2.05, 4.69) is 60.3 Å². The minimum absolute atomic E-state index is 0.964. The van der Waals surface area contributed by atoms with Crippen molar-refractivity contribution in [1.29, 1.82) is 0 Å². The van der Waals surface area contributed by atoms with Crippen molar-refractivity contribution >= 4 is 37.5 Å². The van der Waals surface area contributed by atoms with E-state index in [9.17, 15) is 0 Å². The summed E-state index contributed by atoms with van der Waals surface area (Å²) in [6.45, 7) is 2.09. The van der Waals surface area contributed by atoms with Gasteiger partial charge in [0, 0.05) is 26.4 Å². The number of benzene rings is 1. The average Bonchev–Trinajstić information content (AvgIpc) is 2.67. The van der Waals surface area contributed by atoms with Gasteiger partial charge in [0.1, 0.15) is 5.65 Å². The number of hydrogen-bond acceptors (Lipinski definition) is 1. The van der Waals surface area contributed by atoms with Crippen LogP contribution < -0.4 is 0 Å². The first-order valence-electron chi connectivity index (χ1n) is 5.55. The van der Waals surface area contributed by atoms with Crippen molar-refractivity contribution in [3.05, 3.63) is 57.2 Å². The van der Waals surface area contributed by atoms with E-state index in [-0.39, 0.29) is 0 Å². The van der Waals surface area contributed by atoms with Crippen LogP contribution in [0.3, 0.4) is 0 Å². The Morgan fingerprint density at radius 3 is 2.67 bits per heavy atom. The third kappa shape index (κ3) is 1.99. The summed E-state index contributed by atoms with van der Waals surface area (Å²) >= 11 is 6.98. The van der Waals surface area contributed by atoms with Gasteiger partial charge in [-0.05, 0) is 47.1 Å². The molecule has 0 amide bonds. The molecule has 0 spiro atoms. The van der Waals surface area contributed by atoms with E-state index in [0.717, 1.165) is 31.5 Å². The molecule has 18 heavy (non-hydrogen) atoms. The Hall–Kier alpha value is -1.13. The van der Waals surface area contributed by atoms with Crippen molar-refractivity contribution in [1.82, 2.24) is 9.38 Å². The Morgan fingerprint density at radius 2 is 1.89 bits per heavy atom. The first-order valence-corrected chi connectivity index (χ1v) is 7.14. The summed E-state index contributed by atoms with van der Waals surface area (Å²) in [4.78, 5) is 4.69. The fourth-order valence-corrected chi connectivity index (χ4v) is 2.78. The van der Waals surface area contributed by atoms with Gasteiger partial charge in [-0.15, -0.1) is 0 Å². The zero-order valence-electron chi connectivity index (χ0n) is 9.69. The number of imidazole rings is 1. The maximum Gasteiger partial charge on any atom is 0.137 e. The molecule has 1 aromatic carbocycles. The Labute approximate surface area is 122 Å². The van der Waals surface area contributed by atoms with Crippen LogP contribution in [0.2, 0.25) is 0 Å². The van der Waals surface area contributed by atoms with Crippen LogP contribution in [0.1, 0.15) is 5.69 Å². The molecule has 0 aliphatic heterocycles. The molecule has 0 aliphatic carbocycles. The summed E-state index contributed by atoms with van der Waals surface area (Å²) in [6.07, 6.45) is 2.04. The number of nitrogens with zero attached hydrogens (tertiary/aromatic N) is 2. The van der Waals surface area contributed by atoms with Crippen LogP contribution in [0.15, 0.2) is 51.5 Å². The van der Waals surface area contributed by atoms with Gasteiger partial charge in [-0.2, -0.15) is 0 Å². The molecule has 0 unspecified atom stereocenters. The molecule has 0 atom stereocenters. The molecule has 2 aromatic heterocycles. The van der Waals surface area contributed by atoms with Gasteiger partial charge in [-0.25, -0.2) is 4.98 Å². The van der Waals surface area contributed by atoms with E-state index in [1.807, 2.05) is 30.5 Å².